The van der Waals surface area contributed by atoms with Crippen LogP contribution in [-0.4, -0.2) is 17.0 Å². The first kappa shape index (κ1) is 22.9. The van der Waals surface area contributed by atoms with Gasteiger partial charge in [-0.15, -0.1) is 0 Å². The number of carbonyl (C=O) groups is 1. The van der Waals surface area contributed by atoms with Crippen molar-refractivity contribution in [1.82, 2.24) is 0 Å². The number of hydrogen-bond donors (Lipinski definition) is 1. The molecule has 0 aromatic heterocycles. The first-order valence-electron chi connectivity index (χ1n) is 9.17. The van der Waals surface area contributed by atoms with Crippen molar-refractivity contribution < 1.29 is 9.90 Å². The molecule has 0 aromatic carbocycles. The van der Waals surface area contributed by atoms with Gasteiger partial charge in [0.05, 0.1) is 0 Å². The van der Waals surface area contributed by atoms with Crippen molar-refractivity contribution in [2.75, 3.05) is 0 Å². The molecule has 0 radical (unpaired) electrons. The van der Waals surface area contributed by atoms with E-state index in [1.54, 1.807) is 0 Å². The molecule has 0 aliphatic rings. The second-order valence-corrected chi connectivity index (χ2v) is 6.31. The van der Waals surface area contributed by atoms with Crippen molar-refractivity contribution in [3.05, 3.63) is 0 Å². The van der Waals surface area contributed by atoms with Gasteiger partial charge in [-0.3, -0.25) is 4.79 Å². The molecule has 0 spiro atoms. The van der Waals surface area contributed by atoms with Gasteiger partial charge in [0.2, 0.25) is 0 Å². The summed E-state index contributed by atoms with van der Waals surface area (Å²) in [4.78, 5) is 11.4. The lowest BCUT2D eigenvalue weighted by Gasteiger charge is -2.18. The minimum absolute atomic E-state index is 0.00556. The maximum Gasteiger partial charge on any atom is 0.164 e. The SMILES string of the molecule is CCC(C)C(=O)C(O)C(C)CC.CCCCCCCCC. The van der Waals surface area contributed by atoms with Crippen molar-refractivity contribution in [3.63, 3.8) is 0 Å². The van der Waals surface area contributed by atoms with Crippen molar-refractivity contribution in [2.45, 2.75) is 105 Å². The Labute approximate surface area is 133 Å². The number of carbonyl (C=O) groups excluding carboxylic acids is 1. The largest absolute Gasteiger partial charge is 0.385 e. The molecule has 0 saturated heterocycles. The molecule has 0 aliphatic carbocycles. The highest BCUT2D eigenvalue weighted by Crippen LogP contribution is 2.14. The third-order valence-corrected chi connectivity index (χ3v) is 4.28. The van der Waals surface area contributed by atoms with E-state index < -0.39 is 6.10 Å². The van der Waals surface area contributed by atoms with Gasteiger partial charge < -0.3 is 5.11 Å². The molecule has 21 heavy (non-hydrogen) atoms. The quantitative estimate of drug-likeness (QED) is 0.492. The highest BCUT2D eigenvalue weighted by atomic mass is 16.3. The van der Waals surface area contributed by atoms with E-state index in [4.69, 9.17) is 0 Å². The topological polar surface area (TPSA) is 37.3 Å². The Hall–Kier alpha value is -0.370. The summed E-state index contributed by atoms with van der Waals surface area (Å²) in [5.41, 5.74) is 0. The number of ketones is 1. The van der Waals surface area contributed by atoms with Gasteiger partial charge in [-0.25, -0.2) is 0 Å². The first-order chi connectivity index (χ1) is 9.95. The lowest BCUT2D eigenvalue weighted by molar-refractivity contribution is -0.133. The van der Waals surface area contributed by atoms with Crippen LogP contribution in [0.4, 0.5) is 0 Å². The average molecular weight is 301 g/mol. The fraction of sp³-hybridized carbons (Fsp3) is 0.947. The molecule has 0 bridgehead atoms. The van der Waals surface area contributed by atoms with E-state index in [0.29, 0.717) is 0 Å². The molecule has 3 unspecified atom stereocenters. The fourth-order valence-electron chi connectivity index (χ4n) is 2.03. The zero-order valence-corrected chi connectivity index (χ0v) is 15.5. The van der Waals surface area contributed by atoms with E-state index in [9.17, 15) is 9.90 Å². The summed E-state index contributed by atoms with van der Waals surface area (Å²) in [6.07, 6.45) is 10.9. The number of Topliss-reactive ketones (excluding diaryl/α,β-unsaturated/α-hetero) is 1. The van der Waals surface area contributed by atoms with Gasteiger partial charge in [-0.2, -0.15) is 0 Å². The average Bonchev–Trinajstić information content (AvgIpc) is 2.52. The molecule has 128 valence electrons. The number of unbranched alkanes of at least 4 members (excludes halogenated alkanes) is 6. The smallest absolute Gasteiger partial charge is 0.164 e. The fourth-order valence-corrected chi connectivity index (χ4v) is 2.03. The standard InChI is InChI=1S/C10H20O2.C9H20/c1-5-7(3)9(11)10(12)8(4)6-2;1-3-5-7-9-8-6-4-2/h7-9,11H,5-6H2,1-4H3;3-9H2,1-2H3. The second kappa shape index (κ2) is 16.0. The highest BCUT2D eigenvalue weighted by Gasteiger charge is 2.24. The van der Waals surface area contributed by atoms with Crippen molar-refractivity contribution in [2.24, 2.45) is 11.8 Å². The maximum absolute atomic E-state index is 11.4. The van der Waals surface area contributed by atoms with Crippen molar-refractivity contribution in [1.29, 1.82) is 0 Å². The summed E-state index contributed by atoms with van der Waals surface area (Å²) in [7, 11) is 0. The summed E-state index contributed by atoms with van der Waals surface area (Å²) >= 11 is 0. The third kappa shape index (κ3) is 13.0. The molecule has 0 fully saturated rings. The molecule has 0 aromatic rings. The zero-order valence-electron chi connectivity index (χ0n) is 15.5. The maximum atomic E-state index is 11.4. The summed E-state index contributed by atoms with van der Waals surface area (Å²) in [5.74, 6) is 0.0762. The van der Waals surface area contributed by atoms with Gasteiger partial charge in [0.25, 0.3) is 0 Å². The van der Waals surface area contributed by atoms with E-state index in [0.717, 1.165) is 12.8 Å². The van der Waals surface area contributed by atoms with Crippen LogP contribution in [0, 0.1) is 11.8 Å². The van der Waals surface area contributed by atoms with Gasteiger partial charge in [-0.1, -0.05) is 92.9 Å². The predicted octanol–water partition coefficient (Wildman–Crippen LogP) is 5.77. The molecule has 0 saturated carbocycles. The molecule has 2 heteroatoms. The molecular formula is C19H40O2. The normalized spacial score (nSPS) is 14.8. The summed E-state index contributed by atoms with van der Waals surface area (Å²) in [6, 6.07) is 0. The van der Waals surface area contributed by atoms with E-state index in [-0.39, 0.29) is 17.6 Å². The van der Waals surface area contributed by atoms with E-state index in [2.05, 4.69) is 13.8 Å². The van der Waals surface area contributed by atoms with Gasteiger partial charge in [0.15, 0.2) is 5.78 Å². The number of hydrogen-bond acceptors (Lipinski definition) is 2. The highest BCUT2D eigenvalue weighted by molar-refractivity contribution is 5.85. The molecule has 0 aliphatic heterocycles. The minimum Gasteiger partial charge on any atom is -0.385 e. The molecule has 0 rings (SSSR count). The zero-order chi connectivity index (χ0) is 16.7. The molecule has 1 N–H and O–H groups in total. The number of aliphatic hydroxyl groups excluding tert-OH is 1. The molecule has 0 amide bonds. The lowest BCUT2D eigenvalue weighted by atomic mass is 9.91. The Bertz CT molecular complexity index is 220. The molecule has 3 atom stereocenters. The van der Waals surface area contributed by atoms with Crippen LogP contribution in [0.1, 0.15) is 99.3 Å². The Kier molecular flexibility index (Phi) is 17.5. The van der Waals surface area contributed by atoms with Crippen LogP contribution in [0.2, 0.25) is 0 Å². The number of rotatable bonds is 11. The van der Waals surface area contributed by atoms with Crippen LogP contribution in [0.5, 0.6) is 0 Å². The third-order valence-electron chi connectivity index (χ3n) is 4.28. The van der Waals surface area contributed by atoms with E-state index in [1.165, 1.54) is 44.9 Å². The second-order valence-electron chi connectivity index (χ2n) is 6.31. The molecule has 0 heterocycles. The Morgan fingerprint density at radius 3 is 1.57 bits per heavy atom. The summed E-state index contributed by atoms with van der Waals surface area (Å²) < 4.78 is 0. The summed E-state index contributed by atoms with van der Waals surface area (Å²) in [5, 5.41) is 9.54. The monoisotopic (exact) mass is 300 g/mol. The van der Waals surface area contributed by atoms with Gasteiger partial charge in [0, 0.05) is 5.92 Å². The first-order valence-corrected chi connectivity index (χ1v) is 9.17. The van der Waals surface area contributed by atoms with Gasteiger partial charge >= 0.3 is 0 Å². The van der Waals surface area contributed by atoms with Crippen LogP contribution >= 0.6 is 0 Å². The van der Waals surface area contributed by atoms with E-state index >= 15 is 0 Å². The lowest BCUT2D eigenvalue weighted by Crippen LogP contribution is -2.31. The van der Waals surface area contributed by atoms with Crippen LogP contribution < -0.4 is 0 Å². The Morgan fingerprint density at radius 1 is 0.810 bits per heavy atom. The minimum atomic E-state index is -0.759. The Morgan fingerprint density at radius 2 is 1.24 bits per heavy atom. The van der Waals surface area contributed by atoms with Crippen LogP contribution in [0.25, 0.3) is 0 Å². The van der Waals surface area contributed by atoms with Gasteiger partial charge in [-0.05, 0) is 12.3 Å². The van der Waals surface area contributed by atoms with Crippen molar-refractivity contribution in [3.8, 4) is 0 Å². The number of aliphatic hydroxyl groups is 1. The molecule has 2 nitrogen and oxygen atoms in total. The van der Waals surface area contributed by atoms with Gasteiger partial charge in [0.1, 0.15) is 6.10 Å². The molecular weight excluding hydrogens is 260 g/mol. The Balaban J connectivity index is 0. The van der Waals surface area contributed by atoms with E-state index in [1.807, 2.05) is 27.7 Å². The van der Waals surface area contributed by atoms with Crippen LogP contribution in [-0.2, 0) is 4.79 Å². The van der Waals surface area contributed by atoms with Crippen molar-refractivity contribution >= 4 is 5.78 Å². The predicted molar refractivity (Wildman–Crippen MR) is 93.6 cm³/mol. The van der Waals surface area contributed by atoms with Crippen LogP contribution in [0.3, 0.4) is 0 Å². The summed E-state index contributed by atoms with van der Waals surface area (Å²) in [6.45, 7) is 12.3. The van der Waals surface area contributed by atoms with Crippen LogP contribution in [0.15, 0.2) is 0 Å².